The maximum absolute atomic E-state index is 15.4. The summed E-state index contributed by atoms with van der Waals surface area (Å²) in [6.45, 7) is 0.764. The van der Waals surface area contributed by atoms with Crippen molar-refractivity contribution in [2.24, 2.45) is 5.73 Å². The van der Waals surface area contributed by atoms with E-state index < -0.39 is 150 Å². The molecule has 0 spiro atoms. The molecular formula is C41H15BF20N2O. The average Bonchev–Trinajstić information content (AvgIpc) is 3.29. The molecule has 0 aliphatic carbocycles. The lowest BCUT2D eigenvalue weighted by molar-refractivity contribution is -0.662. The van der Waals surface area contributed by atoms with Crippen molar-refractivity contribution in [3.05, 3.63) is 194 Å². The number of pyridine rings is 1. The highest BCUT2D eigenvalue weighted by Gasteiger charge is 2.52. The zero-order valence-corrected chi connectivity index (χ0v) is 31.1. The predicted octanol–water partition coefficient (Wildman–Crippen LogP) is 8.12. The smallest absolute Gasteiger partial charge is 0.249 e. The van der Waals surface area contributed by atoms with Crippen molar-refractivity contribution >= 4 is 44.8 Å². The van der Waals surface area contributed by atoms with Crippen LogP contribution < -0.4 is 32.2 Å². The number of amides is 1. The Bertz CT molecular complexity index is 2730. The minimum atomic E-state index is -7.22. The molecule has 0 saturated heterocycles. The van der Waals surface area contributed by atoms with Gasteiger partial charge in [-0.15, -0.1) is 21.9 Å². The van der Waals surface area contributed by atoms with Gasteiger partial charge in [0.05, 0.1) is 10.9 Å². The van der Waals surface area contributed by atoms with Gasteiger partial charge in [-0.05, 0) is 6.07 Å². The number of nitrogens with zero attached hydrogens (tertiary/aromatic N) is 1. The highest BCUT2D eigenvalue weighted by molar-refractivity contribution is 7.20. The first-order valence-corrected chi connectivity index (χ1v) is 17.4. The van der Waals surface area contributed by atoms with Crippen LogP contribution in [0.5, 0.6) is 0 Å². The van der Waals surface area contributed by atoms with Crippen LogP contribution in [0.3, 0.4) is 0 Å². The Morgan fingerprint density at radius 3 is 0.969 bits per heavy atom. The molecule has 6 aromatic carbocycles. The van der Waals surface area contributed by atoms with Crippen LogP contribution >= 0.6 is 0 Å². The Labute approximate surface area is 348 Å². The number of nitrogens with two attached hydrogens (primary N) is 1. The summed E-state index contributed by atoms with van der Waals surface area (Å²) in [7, 11) is 0. The van der Waals surface area contributed by atoms with Gasteiger partial charge in [-0.25, -0.2) is 87.8 Å². The molecule has 7 rings (SSSR count). The van der Waals surface area contributed by atoms with E-state index in [1.54, 1.807) is 6.07 Å². The van der Waals surface area contributed by atoms with Crippen molar-refractivity contribution in [2.45, 2.75) is 6.54 Å². The second kappa shape index (κ2) is 17.4. The average molecular weight is 942 g/mol. The molecular weight excluding hydrogens is 927 g/mol. The maximum atomic E-state index is 15.4. The Hall–Kier alpha value is -7.14. The van der Waals surface area contributed by atoms with Crippen LogP contribution in [0.2, 0.25) is 0 Å². The molecule has 338 valence electrons. The van der Waals surface area contributed by atoms with Gasteiger partial charge in [-0.3, -0.25) is 4.79 Å². The standard InChI is InChI=1S/C24BF20.C17H14N2O/c26-5-1(6(27)14(35)21(42)13(5)34)25(2-7(28)15(36)22(43)16(37)8(2)29,3-9(30)17(38)23(44)18(39)10(3)31)4-11(32)19(40)24(45)20(41)12(4)33;18-17(20)15-10-11-19(12-13-6-2-1-3-7-13)16-9-5-4-8-14(15)16/h;1-11H,12H2,(H-,18,20)/q-1;/p+1. The number of carbonyl (C=O) groups is 1. The zero-order valence-electron chi connectivity index (χ0n) is 31.1. The fourth-order valence-electron chi connectivity index (χ4n) is 7.29. The largest absolute Gasteiger partial charge is 0.366 e. The van der Waals surface area contributed by atoms with E-state index in [0.717, 1.165) is 17.4 Å². The maximum Gasteiger partial charge on any atom is 0.249 e. The molecule has 65 heavy (non-hydrogen) atoms. The molecule has 1 heterocycles. The second-order valence-electron chi connectivity index (χ2n) is 13.5. The number of aromatic nitrogens is 1. The summed E-state index contributed by atoms with van der Waals surface area (Å²) >= 11 is 0. The zero-order chi connectivity index (χ0) is 48.3. The molecule has 0 atom stereocenters. The van der Waals surface area contributed by atoms with E-state index in [4.69, 9.17) is 5.73 Å². The number of primary amides is 1. The number of benzene rings is 6. The van der Waals surface area contributed by atoms with Crippen molar-refractivity contribution in [1.29, 1.82) is 0 Å². The minimum absolute atomic E-state index is 0.395. The van der Waals surface area contributed by atoms with Gasteiger partial charge in [-0.2, -0.15) is 4.57 Å². The summed E-state index contributed by atoms with van der Waals surface area (Å²) < 4.78 is 296. The number of rotatable bonds is 7. The van der Waals surface area contributed by atoms with Crippen molar-refractivity contribution < 1.29 is 97.2 Å². The Balaban J connectivity index is 0.000000289. The van der Waals surface area contributed by atoms with Crippen LogP contribution in [0.4, 0.5) is 87.8 Å². The van der Waals surface area contributed by atoms with Gasteiger partial charge >= 0.3 is 0 Å². The SMILES string of the molecule is Fc1c(F)c(F)c([B-](c2c(F)c(F)c(F)c(F)c2F)(c2c(F)c(F)c(F)c(F)c2F)c2c(F)c(F)c(F)c(F)c2F)c(F)c1F.NC(=O)c1cc[n+](Cc2ccccc2)c2ccccc12. The molecule has 0 aliphatic rings. The van der Waals surface area contributed by atoms with Crippen molar-refractivity contribution in [2.75, 3.05) is 0 Å². The van der Waals surface area contributed by atoms with Gasteiger partial charge in [0.25, 0.3) is 0 Å². The number of halogens is 20. The van der Waals surface area contributed by atoms with Crippen LogP contribution in [-0.4, -0.2) is 12.1 Å². The molecule has 1 aromatic heterocycles. The number of fused-ring (bicyclic) bond motifs is 1. The van der Waals surface area contributed by atoms with Crippen molar-refractivity contribution in [1.82, 2.24) is 0 Å². The van der Waals surface area contributed by atoms with Gasteiger partial charge < -0.3 is 5.73 Å². The van der Waals surface area contributed by atoms with Crippen LogP contribution in [0.25, 0.3) is 10.9 Å². The predicted molar refractivity (Wildman–Crippen MR) is 187 cm³/mol. The number of hydrogen-bond acceptors (Lipinski definition) is 1. The molecule has 0 radical (unpaired) electrons. The van der Waals surface area contributed by atoms with E-state index in [0.29, 0.717) is 5.56 Å². The summed E-state index contributed by atoms with van der Waals surface area (Å²) in [5, 5.41) is 0.887. The summed E-state index contributed by atoms with van der Waals surface area (Å²) in [4.78, 5) is 11.5. The molecule has 2 N–H and O–H groups in total. The Morgan fingerprint density at radius 2 is 0.662 bits per heavy atom. The van der Waals surface area contributed by atoms with Crippen LogP contribution in [0.1, 0.15) is 15.9 Å². The van der Waals surface area contributed by atoms with Gasteiger partial charge in [0.15, 0.2) is 82.5 Å². The molecule has 0 fully saturated rings. The minimum Gasteiger partial charge on any atom is -0.366 e. The lowest BCUT2D eigenvalue weighted by Gasteiger charge is -2.44. The molecule has 0 bridgehead atoms. The summed E-state index contributed by atoms with van der Waals surface area (Å²) in [5.41, 5.74) is -6.11. The third-order valence-corrected chi connectivity index (χ3v) is 10.1. The van der Waals surface area contributed by atoms with E-state index in [1.165, 1.54) is 5.56 Å². The lowest BCUT2D eigenvalue weighted by atomic mass is 9.12. The molecule has 3 nitrogen and oxygen atoms in total. The van der Waals surface area contributed by atoms with Gasteiger partial charge in [-0.1, -0.05) is 42.5 Å². The summed E-state index contributed by atoms with van der Waals surface area (Å²) in [5.74, 6) is -71.8. The third kappa shape index (κ3) is 7.33. The molecule has 0 saturated carbocycles. The number of para-hydroxylation sites is 1. The fraction of sp³-hybridized carbons (Fsp3) is 0.0244. The highest BCUT2D eigenvalue weighted by Crippen LogP contribution is 2.31. The monoisotopic (exact) mass is 942 g/mol. The molecule has 7 aromatic rings. The first kappa shape index (κ1) is 47.3. The fourth-order valence-corrected chi connectivity index (χ4v) is 7.29. The Kier molecular flexibility index (Phi) is 12.7. The van der Waals surface area contributed by atoms with Gasteiger partial charge in [0, 0.05) is 17.7 Å². The highest BCUT2D eigenvalue weighted by atomic mass is 19.2. The normalized spacial score (nSPS) is 11.6. The van der Waals surface area contributed by atoms with E-state index in [-0.39, 0.29) is 0 Å². The van der Waals surface area contributed by atoms with Gasteiger partial charge in [0.2, 0.25) is 11.4 Å². The Morgan fingerprint density at radius 1 is 0.385 bits per heavy atom. The molecule has 24 heteroatoms. The van der Waals surface area contributed by atoms with Crippen LogP contribution in [-0.2, 0) is 6.54 Å². The van der Waals surface area contributed by atoms with E-state index in [1.807, 2.05) is 48.7 Å². The summed E-state index contributed by atoms with van der Waals surface area (Å²) in [6, 6.07) is 19.8. The first-order chi connectivity index (χ1) is 30.5. The third-order valence-electron chi connectivity index (χ3n) is 10.1. The number of hydrogen-bond donors (Lipinski definition) is 1. The lowest BCUT2D eigenvalue weighted by Crippen LogP contribution is -2.81. The molecule has 0 unspecified atom stereocenters. The van der Waals surface area contributed by atoms with E-state index >= 15 is 35.1 Å². The first-order valence-electron chi connectivity index (χ1n) is 17.4. The molecule has 0 aliphatic heterocycles. The van der Waals surface area contributed by atoms with Crippen molar-refractivity contribution in [3.8, 4) is 0 Å². The molecule has 1 amide bonds. The number of carbonyl (C=O) groups excluding carboxylic acids is 1. The topological polar surface area (TPSA) is 47.0 Å². The second-order valence-corrected chi connectivity index (χ2v) is 13.5. The van der Waals surface area contributed by atoms with Gasteiger partial charge in [0.1, 0.15) is 52.7 Å². The van der Waals surface area contributed by atoms with E-state index in [2.05, 4.69) is 16.7 Å². The quantitative estimate of drug-likeness (QED) is 0.0568. The van der Waals surface area contributed by atoms with Crippen molar-refractivity contribution in [3.63, 3.8) is 0 Å². The summed E-state index contributed by atoms with van der Waals surface area (Å²) in [6.07, 6.45) is -5.30. The van der Waals surface area contributed by atoms with E-state index in [9.17, 15) is 57.5 Å². The van der Waals surface area contributed by atoms with Crippen LogP contribution in [0, 0.1) is 116 Å². The van der Waals surface area contributed by atoms with Crippen LogP contribution in [0.15, 0.2) is 66.9 Å².